The van der Waals surface area contributed by atoms with Gasteiger partial charge in [0.15, 0.2) is 0 Å². The number of hydrogen-bond acceptors (Lipinski definition) is 6. The van der Waals surface area contributed by atoms with Crippen LogP contribution in [0.1, 0.15) is 64.7 Å². The number of anilines is 1. The van der Waals surface area contributed by atoms with Gasteiger partial charge in [-0.1, -0.05) is 36.0 Å². The van der Waals surface area contributed by atoms with Crippen LogP contribution in [0.25, 0.3) is 0 Å². The van der Waals surface area contributed by atoms with Gasteiger partial charge < -0.3 is 15.5 Å². The SMILES string of the molecule is CC[C@H](C)NC(=O)CC1CCN(C(=O)c2nnc(C(=O)Nc3ccc(C)cc3)s2)CC1. The lowest BCUT2D eigenvalue weighted by atomic mass is 9.93. The number of amides is 3. The van der Waals surface area contributed by atoms with E-state index in [0.717, 1.165) is 36.2 Å². The highest BCUT2D eigenvalue weighted by Gasteiger charge is 2.28. The van der Waals surface area contributed by atoms with E-state index in [1.807, 2.05) is 45.0 Å². The zero-order chi connectivity index (χ0) is 22.4. The maximum Gasteiger partial charge on any atom is 0.286 e. The summed E-state index contributed by atoms with van der Waals surface area (Å²) in [6.07, 6.45) is 2.96. The van der Waals surface area contributed by atoms with Gasteiger partial charge in [0.2, 0.25) is 15.9 Å². The average molecular weight is 444 g/mol. The first-order chi connectivity index (χ1) is 14.9. The van der Waals surface area contributed by atoms with Gasteiger partial charge in [-0.25, -0.2) is 0 Å². The van der Waals surface area contributed by atoms with Gasteiger partial charge in [0.25, 0.3) is 11.8 Å². The molecule has 3 amide bonds. The number of carbonyl (C=O) groups is 3. The fourth-order valence-corrected chi connectivity index (χ4v) is 4.10. The highest BCUT2D eigenvalue weighted by molar-refractivity contribution is 7.15. The van der Waals surface area contributed by atoms with Gasteiger partial charge in [-0.05, 0) is 51.2 Å². The third-order valence-electron chi connectivity index (χ3n) is 5.51. The maximum atomic E-state index is 12.8. The summed E-state index contributed by atoms with van der Waals surface area (Å²) in [6, 6.07) is 7.62. The van der Waals surface area contributed by atoms with Crippen LogP contribution >= 0.6 is 11.3 Å². The Kier molecular flexibility index (Phi) is 7.73. The summed E-state index contributed by atoms with van der Waals surface area (Å²) in [6.45, 7) is 7.16. The second kappa shape index (κ2) is 10.5. The first kappa shape index (κ1) is 22.9. The number of rotatable bonds is 7. The summed E-state index contributed by atoms with van der Waals surface area (Å²) in [5, 5.41) is 13.9. The van der Waals surface area contributed by atoms with E-state index < -0.39 is 0 Å². The number of aromatic nitrogens is 2. The molecule has 0 radical (unpaired) electrons. The van der Waals surface area contributed by atoms with Crippen molar-refractivity contribution in [2.45, 2.75) is 52.5 Å². The highest BCUT2D eigenvalue weighted by atomic mass is 32.1. The van der Waals surface area contributed by atoms with Crippen LogP contribution in [-0.2, 0) is 4.79 Å². The minimum absolute atomic E-state index is 0.0764. The van der Waals surface area contributed by atoms with Crippen molar-refractivity contribution in [2.75, 3.05) is 18.4 Å². The third-order valence-corrected chi connectivity index (χ3v) is 6.42. The number of nitrogens with zero attached hydrogens (tertiary/aromatic N) is 3. The molecule has 0 bridgehead atoms. The molecule has 1 atom stereocenters. The Bertz CT molecular complexity index is 919. The van der Waals surface area contributed by atoms with E-state index in [1.165, 1.54) is 0 Å². The van der Waals surface area contributed by atoms with Crippen molar-refractivity contribution in [1.82, 2.24) is 20.4 Å². The van der Waals surface area contributed by atoms with Crippen LogP contribution in [0.5, 0.6) is 0 Å². The fraction of sp³-hybridized carbons (Fsp3) is 0.500. The average Bonchev–Trinajstić information content (AvgIpc) is 3.25. The Morgan fingerprint density at radius 1 is 1.13 bits per heavy atom. The molecule has 2 aromatic rings. The topological polar surface area (TPSA) is 104 Å². The number of hydrogen-bond donors (Lipinski definition) is 2. The molecular formula is C22H29N5O3S. The van der Waals surface area contributed by atoms with Crippen LogP contribution in [0.15, 0.2) is 24.3 Å². The second-order valence-electron chi connectivity index (χ2n) is 8.05. The van der Waals surface area contributed by atoms with E-state index in [1.54, 1.807) is 4.90 Å². The molecule has 166 valence electrons. The summed E-state index contributed by atoms with van der Waals surface area (Å²) < 4.78 is 0. The van der Waals surface area contributed by atoms with Gasteiger partial charge in [0, 0.05) is 31.2 Å². The number of carbonyl (C=O) groups excluding carboxylic acids is 3. The van der Waals surface area contributed by atoms with Crippen molar-refractivity contribution in [3.8, 4) is 0 Å². The molecule has 0 unspecified atom stereocenters. The Balaban J connectivity index is 1.50. The lowest BCUT2D eigenvalue weighted by molar-refractivity contribution is -0.122. The molecule has 1 aliphatic rings. The van der Waals surface area contributed by atoms with Crippen LogP contribution in [0.2, 0.25) is 0 Å². The predicted octanol–water partition coefficient (Wildman–Crippen LogP) is 3.26. The van der Waals surface area contributed by atoms with Crippen LogP contribution in [0.4, 0.5) is 5.69 Å². The van der Waals surface area contributed by atoms with E-state index in [-0.39, 0.29) is 39.7 Å². The van der Waals surface area contributed by atoms with E-state index in [4.69, 9.17) is 0 Å². The molecule has 8 nitrogen and oxygen atoms in total. The van der Waals surface area contributed by atoms with E-state index >= 15 is 0 Å². The zero-order valence-corrected chi connectivity index (χ0v) is 19.0. The normalized spacial score (nSPS) is 15.4. The van der Waals surface area contributed by atoms with E-state index in [2.05, 4.69) is 20.8 Å². The maximum absolute atomic E-state index is 12.8. The van der Waals surface area contributed by atoms with E-state index in [0.29, 0.717) is 25.2 Å². The molecule has 2 heterocycles. The lowest BCUT2D eigenvalue weighted by Gasteiger charge is -2.31. The Morgan fingerprint density at radius 3 is 2.42 bits per heavy atom. The molecular weight excluding hydrogens is 414 g/mol. The fourth-order valence-electron chi connectivity index (χ4n) is 3.40. The number of benzene rings is 1. The predicted molar refractivity (Wildman–Crippen MR) is 120 cm³/mol. The summed E-state index contributed by atoms with van der Waals surface area (Å²) in [5.41, 5.74) is 1.76. The molecule has 0 aliphatic carbocycles. The Labute approximate surface area is 186 Å². The van der Waals surface area contributed by atoms with Crippen molar-refractivity contribution in [3.05, 3.63) is 39.8 Å². The molecule has 0 spiro atoms. The lowest BCUT2D eigenvalue weighted by Crippen LogP contribution is -2.40. The number of nitrogens with one attached hydrogen (secondary N) is 2. The van der Waals surface area contributed by atoms with Gasteiger partial charge in [-0.3, -0.25) is 14.4 Å². The van der Waals surface area contributed by atoms with Crippen molar-refractivity contribution < 1.29 is 14.4 Å². The minimum atomic E-state index is -0.383. The quantitative estimate of drug-likeness (QED) is 0.684. The van der Waals surface area contributed by atoms with Gasteiger partial charge in [0.1, 0.15) is 0 Å². The van der Waals surface area contributed by atoms with Crippen molar-refractivity contribution in [2.24, 2.45) is 5.92 Å². The van der Waals surface area contributed by atoms with Crippen LogP contribution < -0.4 is 10.6 Å². The standard InChI is InChI=1S/C22H29N5O3S/c1-4-15(3)23-18(28)13-16-9-11-27(12-10-16)22(30)21-26-25-20(31-21)19(29)24-17-7-5-14(2)6-8-17/h5-8,15-16H,4,9-13H2,1-3H3,(H,23,28)(H,24,29)/t15-/m0/s1. The minimum Gasteiger partial charge on any atom is -0.354 e. The summed E-state index contributed by atoms with van der Waals surface area (Å²) >= 11 is 0.996. The molecule has 31 heavy (non-hydrogen) atoms. The van der Waals surface area contributed by atoms with Gasteiger partial charge in [0.05, 0.1) is 0 Å². The molecule has 1 aromatic carbocycles. The summed E-state index contributed by atoms with van der Waals surface area (Å²) in [7, 11) is 0. The van der Waals surface area contributed by atoms with Crippen LogP contribution in [0.3, 0.4) is 0 Å². The molecule has 3 rings (SSSR count). The van der Waals surface area contributed by atoms with Crippen LogP contribution in [-0.4, -0.2) is 52.0 Å². The van der Waals surface area contributed by atoms with Crippen LogP contribution in [0, 0.1) is 12.8 Å². The Morgan fingerprint density at radius 2 is 1.77 bits per heavy atom. The Hall–Kier alpha value is -2.81. The highest BCUT2D eigenvalue weighted by Crippen LogP contribution is 2.23. The first-order valence-electron chi connectivity index (χ1n) is 10.7. The summed E-state index contributed by atoms with van der Waals surface area (Å²) in [5.74, 6) is -0.244. The number of likely N-dealkylation sites (tertiary alicyclic amines) is 1. The molecule has 1 aliphatic heterocycles. The smallest absolute Gasteiger partial charge is 0.286 e. The monoisotopic (exact) mass is 443 g/mol. The van der Waals surface area contributed by atoms with E-state index in [9.17, 15) is 14.4 Å². The largest absolute Gasteiger partial charge is 0.354 e. The van der Waals surface area contributed by atoms with Crippen molar-refractivity contribution in [3.63, 3.8) is 0 Å². The molecule has 0 saturated carbocycles. The summed E-state index contributed by atoms with van der Waals surface area (Å²) in [4.78, 5) is 39.0. The van der Waals surface area contributed by atoms with Gasteiger partial charge in [-0.15, -0.1) is 10.2 Å². The van der Waals surface area contributed by atoms with Gasteiger partial charge >= 0.3 is 0 Å². The third kappa shape index (κ3) is 6.33. The van der Waals surface area contributed by atoms with Gasteiger partial charge in [-0.2, -0.15) is 0 Å². The molecule has 1 saturated heterocycles. The molecule has 2 N–H and O–H groups in total. The van der Waals surface area contributed by atoms with Crippen molar-refractivity contribution >= 4 is 34.7 Å². The second-order valence-corrected chi connectivity index (χ2v) is 9.03. The number of aryl methyl sites for hydroxylation is 1. The molecule has 1 fully saturated rings. The van der Waals surface area contributed by atoms with Crippen molar-refractivity contribution in [1.29, 1.82) is 0 Å². The number of piperidine rings is 1. The zero-order valence-electron chi connectivity index (χ0n) is 18.2. The molecule has 1 aromatic heterocycles. The molecule has 9 heteroatoms. The first-order valence-corrected chi connectivity index (χ1v) is 11.5.